The second-order valence-electron chi connectivity index (χ2n) is 8.36. The van der Waals surface area contributed by atoms with Crippen LogP contribution in [0.5, 0.6) is 0 Å². The molecule has 2 N–H and O–H groups in total. The average Bonchev–Trinajstić information content (AvgIpc) is 3.06. The minimum Gasteiger partial charge on any atom is -0.373 e. The lowest BCUT2D eigenvalue weighted by atomic mass is 10.0. The number of nitrogens with one attached hydrogen (secondary N) is 2. The molecule has 7 heteroatoms. The number of morpholine rings is 1. The van der Waals surface area contributed by atoms with Gasteiger partial charge in [-0.2, -0.15) is 0 Å². The monoisotopic (exact) mass is 387 g/mol. The third kappa shape index (κ3) is 5.23. The smallest absolute Gasteiger partial charge is 0.314 e. The number of para-hydroxylation sites is 2. The highest BCUT2D eigenvalue weighted by Gasteiger charge is 2.33. The molecule has 1 fully saturated rings. The number of rotatable bonds is 7. The number of ether oxygens (including phenoxy) is 1. The van der Waals surface area contributed by atoms with Gasteiger partial charge in [-0.25, -0.2) is 9.78 Å². The van der Waals surface area contributed by atoms with E-state index in [1.54, 1.807) is 0 Å². The molecule has 2 amide bonds. The Morgan fingerprint density at radius 3 is 2.68 bits per heavy atom. The van der Waals surface area contributed by atoms with Crippen LogP contribution < -0.4 is 10.6 Å². The van der Waals surface area contributed by atoms with Gasteiger partial charge < -0.3 is 19.9 Å². The summed E-state index contributed by atoms with van der Waals surface area (Å²) in [5.74, 6) is 0. The summed E-state index contributed by atoms with van der Waals surface area (Å²) in [6.45, 7) is 12.4. The molecule has 2 atom stereocenters. The van der Waals surface area contributed by atoms with Crippen molar-refractivity contribution in [2.24, 2.45) is 0 Å². The van der Waals surface area contributed by atoms with Gasteiger partial charge >= 0.3 is 6.03 Å². The molecular weight excluding hydrogens is 354 g/mol. The number of benzene rings is 1. The molecule has 3 rings (SSSR count). The van der Waals surface area contributed by atoms with E-state index in [2.05, 4.69) is 58.8 Å². The fourth-order valence-electron chi connectivity index (χ4n) is 3.78. The van der Waals surface area contributed by atoms with E-state index in [1.165, 1.54) is 0 Å². The van der Waals surface area contributed by atoms with E-state index in [-0.39, 0.29) is 23.8 Å². The first-order valence-electron chi connectivity index (χ1n) is 10.2. The summed E-state index contributed by atoms with van der Waals surface area (Å²) in [7, 11) is 0. The normalized spacial score (nSPS) is 21.0. The maximum Gasteiger partial charge on any atom is 0.314 e. The van der Waals surface area contributed by atoms with Gasteiger partial charge in [0.1, 0.15) is 0 Å². The van der Waals surface area contributed by atoms with Gasteiger partial charge in [-0.3, -0.25) is 4.90 Å². The highest BCUT2D eigenvalue weighted by molar-refractivity contribution is 5.75. The number of hydrogen-bond donors (Lipinski definition) is 2. The zero-order valence-electron chi connectivity index (χ0n) is 17.4. The molecule has 0 aliphatic carbocycles. The van der Waals surface area contributed by atoms with E-state index in [0.717, 1.165) is 37.1 Å². The van der Waals surface area contributed by atoms with Crippen molar-refractivity contribution in [3.63, 3.8) is 0 Å². The minimum absolute atomic E-state index is 0.112. The van der Waals surface area contributed by atoms with Crippen molar-refractivity contribution in [3.05, 3.63) is 30.6 Å². The number of fused-ring (bicyclic) bond motifs is 1. The van der Waals surface area contributed by atoms with Crippen LogP contribution in [0.1, 0.15) is 34.1 Å². The Labute approximate surface area is 167 Å². The molecule has 7 nitrogen and oxygen atoms in total. The molecule has 1 aliphatic heterocycles. The zero-order chi connectivity index (χ0) is 20.1. The number of nitrogens with zero attached hydrogens (tertiary/aromatic N) is 3. The van der Waals surface area contributed by atoms with Gasteiger partial charge in [0.05, 0.1) is 29.6 Å². The van der Waals surface area contributed by atoms with Gasteiger partial charge in [0, 0.05) is 38.3 Å². The Balaban J connectivity index is 1.38. The predicted molar refractivity (Wildman–Crippen MR) is 111 cm³/mol. The lowest BCUT2D eigenvalue weighted by Crippen LogP contribution is -2.59. The quantitative estimate of drug-likeness (QED) is 0.717. The van der Waals surface area contributed by atoms with Crippen LogP contribution in [-0.4, -0.2) is 64.4 Å². The van der Waals surface area contributed by atoms with Crippen LogP contribution in [0.15, 0.2) is 30.6 Å². The van der Waals surface area contributed by atoms with Crippen molar-refractivity contribution in [1.82, 2.24) is 25.1 Å². The van der Waals surface area contributed by atoms with Crippen LogP contribution in [0, 0.1) is 0 Å². The molecule has 1 aromatic carbocycles. The molecule has 2 aromatic rings. The van der Waals surface area contributed by atoms with Gasteiger partial charge in [0.25, 0.3) is 0 Å². The number of amides is 2. The van der Waals surface area contributed by atoms with Crippen LogP contribution in [0.4, 0.5) is 4.79 Å². The number of urea groups is 1. The van der Waals surface area contributed by atoms with E-state index < -0.39 is 0 Å². The third-order valence-corrected chi connectivity index (χ3v) is 5.35. The average molecular weight is 388 g/mol. The van der Waals surface area contributed by atoms with Gasteiger partial charge in [-0.1, -0.05) is 12.1 Å². The van der Waals surface area contributed by atoms with Crippen molar-refractivity contribution in [3.8, 4) is 0 Å². The summed E-state index contributed by atoms with van der Waals surface area (Å²) in [5.41, 5.74) is 2.02. The number of aryl methyl sites for hydroxylation is 1. The van der Waals surface area contributed by atoms with Crippen LogP contribution in [0.3, 0.4) is 0 Å². The Hall–Kier alpha value is -2.12. The number of imidazole rings is 1. The summed E-state index contributed by atoms with van der Waals surface area (Å²) in [4.78, 5) is 19.0. The van der Waals surface area contributed by atoms with Crippen LogP contribution in [0.25, 0.3) is 11.0 Å². The Kier molecular flexibility index (Phi) is 6.57. The van der Waals surface area contributed by atoms with Gasteiger partial charge in [0.15, 0.2) is 0 Å². The molecule has 1 saturated heterocycles. The van der Waals surface area contributed by atoms with Crippen LogP contribution in [0.2, 0.25) is 0 Å². The van der Waals surface area contributed by atoms with E-state index in [0.29, 0.717) is 13.1 Å². The fourth-order valence-corrected chi connectivity index (χ4v) is 3.78. The molecule has 154 valence electrons. The topological polar surface area (TPSA) is 71.4 Å². The molecule has 1 aliphatic rings. The summed E-state index contributed by atoms with van der Waals surface area (Å²) in [5, 5.41) is 5.98. The van der Waals surface area contributed by atoms with Crippen molar-refractivity contribution in [1.29, 1.82) is 0 Å². The zero-order valence-corrected chi connectivity index (χ0v) is 17.4. The summed E-state index contributed by atoms with van der Waals surface area (Å²) < 4.78 is 7.94. The second kappa shape index (κ2) is 8.92. The molecular formula is C21H33N5O2. The molecule has 28 heavy (non-hydrogen) atoms. The third-order valence-electron chi connectivity index (χ3n) is 5.35. The first-order valence-corrected chi connectivity index (χ1v) is 10.2. The Bertz CT molecular complexity index is 778. The van der Waals surface area contributed by atoms with Gasteiger partial charge in [0.2, 0.25) is 0 Å². The SMILES string of the molecule is C[C@@H]1CN(C(C)(C)CNC(=O)NCCCn2cnc3ccccc32)C[C@@H](C)O1. The summed E-state index contributed by atoms with van der Waals surface area (Å²) in [6.07, 6.45) is 3.15. The van der Waals surface area contributed by atoms with E-state index >= 15 is 0 Å². The van der Waals surface area contributed by atoms with Crippen molar-refractivity contribution in [2.45, 2.75) is 58.4 Å². The standard InChI is InChI=1S/C21H33N5O2/c1-16-12-26(13-17(2)28-16)21(3,4)14-23-20(27)22-10-7-11-25-15-24-18-8-5-6-9-19(18)25/h5-6,8-9,15-17H,7,10-14H2,1-4H3,(H2,22,23,27)/t16-,17-/m1/s1. The molecule has 0 saturated carbocycles. The Morgan fingerprint density at radius 2 is 1.93 bits per heavy atom. The first-order chi connectivity index (χ1) is 13.3. The number of aromatic nitrogens is 2. The maximum atomic E-state index is 12.2. The summed E-state index contributed by atoms with van der Waals surface area (Å²) >= 11 is 0. The number of carbonyl (C=O) groups excluding carboxylic acids is 1. The van der Waals surface area contributed by atoms with Crippen molar-refractivity contribution < 1.29 is 9.53 Å². The lowest BCUT2D eigenvalue weighted by molar-refractivity contribution is -0.0947. The molecule has 1 aromatic heterocycles. The first kappa shape index (κ1) is 20.6. The van der Waals surface area contributed by atoms with Gasteiger partial charge in [-0.15, -0.1) is 0 Å². The van der Waals surface area contributed by atoms with E-state index in [4.69, 9.17) is 4.74 Å². The van der Waals surface area contributed by atoms with E-state index in [9.17, 15) is 4.79 Å². The molecule has 0 bridgehead atoms. The van der Waals surface area contributed by atoms with E-state index in [1.807, 2.05) is 24.5 Å². The fraction of sp³-hybridized carbons (Fsp3) is 0.619. The number of hydrogen-bond acceptors (Lipinski definition) is 4. The number of carbonyl (C=O) groups is 1. The molecule has 2 heterocycles. The van der Waals surface area contributed by atoms with Gasteiger partial charge in [-0.05, 0) is 46.2 Å². The molecule has 0 unspecified atom stereocenters. The molecule has 0 radical (unpaired) electrons. The Morgan fingerprint density at radius 1 is 1.21 bits per heavy atom. The largest absolute Gasteiger partial charge is 0.373 e. The predicted octanol–water partition coefficient (Wildman–Crippen LogP) is 2.61. The van der Waals surface area contributed by atoms with Crippen molar-refractivity contribution >= 4 is 17.1 Å². The molecule has 0 spiro atoms. The van der Waals surface area contributed by atoms with Crippen LogP contribution >= 0.6 is 0 Å². The summed E-state index contributed by atoms with van der Waals surface area (Å²) in [6, 6.07) is 7.97. The highest BCUT2D eigenvalue weighted by atomic mass is 16.5. The highest BCUT2D eigenvalue weighted by Crippen LogP contribution is 2.20. The van der Waals surface area contributed by atoms with Crippen LogP contribution in [-0.2, 0) is 11.3 Å². The minimum atomic E-state index is -0.113. The second-order valence-corrected chi connectivity index (χ2v) is 8.36. The maximum absolute atomic E-state index is 12.2. The lowest BCUT2D eigenvalue weighted by Gasteiger charge is -2.45. The van der Waals surface area contributed by atoms with Crippen molar-refractivity contribution in [2.75, 3.05) is 26.2 Å².